The Hall–Kier alpha value is -1.41. The topological polar surface area (TPSA) is 57.6 Å². The summed E-state index contributed by atoms with van der Waals surface area (Å²) in [5, 5.41) is 8.44. The van der Waals surface area contributed by atoms with E-state index in [2.05, 4.69) is 0 Å². The lowest BCUT2D eigenvalue weighted by Gasteiger charge is -2.21. The molecule has 1 aliphatic rings. The third-order valence-corrected chi connectivity index (χ3v) is 2.06. The molecule has 0 unspecified atom stereocenters. The molecule has 0 aromatic heterocycles. The lowest BCUT2D eigenvalue weighted by molar-refractivity contribution is -0.188. The first kappa shape index (κ1) is 12.7. The van der Waals surface area contributed by atoms with Crippen LogP contribution in [0.25, 0.3) is 0 Å². The molecule has 0 aromatic rings. The average molecular weight is 247 g/mol. The van der Waals surface area contributed by atoms with Crippen LogP contribution in [0.1, 0.15) is 6.42 Å². The highest BCUT2D eigenvalue weighted by Crippen LogP contribution is 2.34. The second-order valence-corrected chi connectivity index (χ2v) is 3.34. The van der Waals surface area contributed by atoms with Crippen LogP contribution in [0.4, 0.5) is 22.0 Å². The Morgan fingerprint density at radius 3 is 2.19 bits per heavy atom. The Kier molecular flexibility index (Phi) is 2.82. The van der Waals surface area contributed by atoms with Gasteiger partial charge in [0.25, 0.3) is 5.92 Å². The van der Waals surface area contributed by atoms with Crippen molar-refractivity contribution < 1.29 is 36.6 Å². The van der Waals surface area contributed by atoms with Crippen LogP contribution < -0.4 is 0 Å². The van der Waals surface area contributed by atoms with Crippen molar-refractivity contribution in [2.75, 3.05) is 6.54 Å². The highest BCUT2D eigenvalue weighted by atomic mass is 19.4. The van der Waals surface area contributed by atoms with Gasteiger partial charge in [0.1, 0.15) is 6.04 Å². The second kappa shape index (κ2) is 3.56. The van der Waals surface area contributed by atoms with E-state index in [1.54, 1.807) is 0 Å². The predicted molar refractivity (Wildman–Crippen MR) is 38.8 cm³/mol. The van der Waals surface area contributed by atoms with E-state index >= 15 is 0 Å². The summed E-state index contributed by atoms with van der Waals surface area (Å²) in [6, 6.07) is -2.14. The van der Waals surface area contributed by atoms with Gasteiger partial charge < -0.3 is 10.0 Å². The number of aliphatic carboxylic acids is 1. The SMILES string of the molecule is O=C(O)[C@@H]1CC(F)(F)CN1C(=O)C(F)(F)F. The third-order valence-electron chi connectivity index (χ3n) is 2.06. The molecule has 1 amide bonds. The van der Waals surface area contributed by atoms with Crippen molar-refractivity contribution in [1.82, 2.24) is 4.90 Å². The Bertz CT molecular complexity index is 326. The zero-order valence-corrected chi connectivity index (χ0v) is 7.59. The summed E-state index contributed by atoms with van der Waals surface area (Å²) >= 11 is 0. The summed E-state index contributed by atoms with van der Waals surface area (Å²) in [6.07, 6.45) is -6.65. The van der Waals surface area contributed by atoms with Crippen LogP contribution in [0.2, 0.25) is 0 Å². The van der Waals surface area contributed by atoms with E-state index in [1.165, 1.54) is 0 Å². The lowest BCUT2D eigenvalue weighted by atomic mass is 10.2. The highest BCUT2D eigenvalue weighted by molar-refractivity contribution is 5.87. The normalized spacial score (nSPS) is 24.6. The van der Waals surface area contributed by atoms with Crippen LogP contribution in [0.5, 0.6) is 0 Å². The fourth-order valence-corrected chi connectivity index (χ4v) is 1.41. The molecule has 0 spiro atoms. The molecule has 0 radical (unpaired) electrons. The van der Waals surface area contributed by atoms with Crippen molar-refractivity contribution in [3.63, 3.8) is 0 Å². The summed E-state index contributed by atoms with van der Waals surface area (Å²) in [6.45, 7) is -1.53. The van der Waals surface area contributed by atoms with Crippen LogP contribution in [0, 0.1) is 0 Å². The molecule has 0 saturated carbocycles. The number of hydrogen-bond donors (Lipinski definition) is 1. The lowest BCUT2D eigenvalue weighted by Crippen LogP contribution is -2.47. The Morgan fingerprint density at radius 2 is 1.81 bits per heavy atom. The zero-order chi connectivity index (χ0) is 12.7. The van der Waals surface area contributed by atoms with Crippen molar-refractivity contribution in [3.8, 4) is 0 Å². The first-order valence-corrected chi connectivity index (χ1v) is 4.03. The number of alkyl halides is 5. The van der Waals surface area contributed by atoms with Gasteiger partial charge in [0, 0.05) is 6.42 Å². The van der Waals surface area contributed by atoms with Gasteiger partial charge in [0.15, 0.2) is 0 Å². The van der Waals surface area contributed by atoms with Gasteiger partial charge in [-0.15, -0.1) is 0 Å². The predicted octanol–water partition coefficient (Wildman–Crippen LogP) is 0.869. The third kappa shape index (κ3) is 2.39. The van der Waals surface area contributed by atoms with Crippen molar-refractivity contribution >= 4 is 11.9 Å². The molecule has 1 saturated heterocycles. The number of halogens is 5. The molecule has 1 N–H and O–H groups in total. The number of carboxylic acid groups (broad SMARTS) is 1. The van der Waals surface area contributed by atoms with Crippen molar-refractivity contribution in [2.24, 2.45) is 0 Å². The number of hydrogen-bond acceptors (Lipinski definition) is 2. The van der Waals surface area contributed by atoms with E-state index in [0.29, 0.717) is 0 Å². The minimum absolute atomic E-state index is 0.359. The van der Waals surface area contributed by atoms with Crippen molar-refractivity contribution in [3.05, 3.63) is 0 Å². The number of nitrogens with zero attached hydrogens (tertiary/aromatic N) is 1. The van der Waals surface area contributed by atoms with Gasteiger partial charge in [0.2, 0.25) is 0 Å². The van der Waals surface area contributed by atoms with E-state index in [-0.39, 0.29) is 4.90 Å². The Balaban J connectivity index is 2.95. The first-order chi connectivity index (χ1) is 7.04. The van der Waals surface area contributed by atoms with Crippen LogP contribution in [0.3, 0.4) is 0 Å². The van der Waals surface area contributed by atoms with Gasteiger partial charge in [-0.3, -0.25) is 4.79 Å². The molecule has 9 heteroatoms. The largest absolute Gasteiger partial charge is 0.480 e. The molecule has 1 fully saturated rings. The molecule has 16 heavy (non-hydrogen) atoms. The average Bonchev–Trinajstić information content (AvgIpc) is 2.38. The minimum atomic E-state index is -5.35. The molecule has 4 nitrogen and oxygen atoms in total. The fraction of sp³-hybridized carbons (Fsp3) is 0.714. The monoisotopic (exact) mass is 247 g/mol. The van der Waals surface area contributed by atoms with Crippen LogP contribution >= 0.6 is 0 Å². The second-order valence-electron chi connectivity index (χ2n) is 3.34. The molecule has 1 atom stereocenters. The molecule has 0 bridgehead atoms. The number of likely N-dealkylation sites (tertiary alicyclic amines) is 1. The molecule has 0 aliphatic carbocycles. The Labute approximate surface area is 85.6 Å². The van der Waals surface area contributed by atoms with Crippen molar-refractivity contribution in [2.45, 2.75) is 24.6 Å². The highest BCUT2D eigenvalue weighted by Gasteiger charge is 2.55. The summed E-state index contributed by atoms with van der Waals surface area (Å²) < 4.78 is 61.3. The standard InChI is InChI=1S/C7H6F5NO3/c8-6(9)1-3(4(14)15)13(2-6)5(16)7(10,11)12/h3H,1-2H2,(H,14,15)/t3-/m0/s1. The van der Waals surface area contributed by atoms with Gasteiger partial charge >= 0.3 is 18.1 Å². The molecule has 1 heterocycles. The van der Waals surface area contributed by atoms with E-state index in [1.807, 2.05) is 0 Å². The molecule has 92 valence electrons. The minimum Gasteiger partial charge on any atom is -0.480 e. The fourth-order valence-electron chi connectivity index (χ4n) is 1.41. The molecular formula is C7H6F5NO3. The van der Waals surface area contributed by atoms with Gasteiger partial charge in [-0.05, 0) is 0 Å². The van der Waals surface area contributed by atoms with E-state index in [0.717, 1.165) is 0 Å². The van der Waals surface area contributed by atoms with Gasteiger partial charge in [-0.25, -0.2) is 13.6 Å². The van der Waals surface area contributed by atoms with Gasteiger partial charge in [0.05, 0.1) is 6.54 Å². The molecule has 0 aromatic carbocycles. The summed E-state index contributed by atoms with van der Waals surface area (Å²) in [7, 11) is 0. The number of carbonyl (C=O) groups is 2. The Morgan fingerprint density at radius 1 is 1.31 bits per heavy atom. The smallest absolute Gasteiger partial charge is 0.471 e. The zero-order valence-electron chi connectivity index (χ0n) is 7.59. The van der Waals surface area contributed by atoms with E-state index in [9.17, 15) is 31.5 Å². The van der Waals surface area contributed by atoms with Crippen LogP contribution in [0.15, 0.2) is 0 Å². The first-order valence-electron chi connectivity index (χ1n) is 4.03. The van der Waals surface area contributed by atoms with Gasteiger partial charge in [-0.1, -0.05) is 0 Å². The van der Waals surface area contributed by atoms with Crippen molar-refractivity contribution in [1.29, 1.82) is 0 Å². The van der Waals surface area contributed by atoms with Gasteiger partial charge in [-0.2, -0.15) is 13.2 Å². The van der Waals surface area contributed by atoms with Crippen LogP contribution in [-0.2, 0) is 9.59 Å². The maximum atomic E-state index is 12.7. The maximum absolute atomic E-state index is 12.7. The quantitative estimate of drug-likeness (QED) is 0.699. The molecular weight excluding hydrogens is 241 g/mol. The number of carboxylic acids is 1. The number of carbonyl (C=O) groups excluding carboxylic acids is 1. The van der Waals surface area contributed by atoms with Crippen LogP contribution in [-0.4, -0.2) is 46.6 Å². The molecule has 1 rings (SSSR count). The molecule has 1 aliphatic heterocycles. The number of rotatable bonds is 1. The summed E-state index contributed by atoms with van der Waals surface area (Å²) in [5.74, 6) is -8.05. The number of amides is 1. The van der Waals surface area contributed by atoms with E-state index in [4.69, 9.17) is 5.11 Å². The summed E-state index contributed by atoms with van der Waals surface area (Å²) in [5.41, 5.74) is 0. The maximum Gasteiger partial charge on any atom is 0.471 e. The summed E-state index contributed by atoms with van der Waals surface area (Å²) in [4.78, 5) is 20.8. The van der Waals surface area contributed by atoms with E-state index < -0.39 is 43.0 Å².